The molecule has 31 heavy (non-hydrogen) atoms. The molecule has 0 unspecified atom stereocenters. The molecule has 0 saturated carbocycles. The monoisotopic (exact) mass is 438 g/mol. The zero-order valence-electron chi connectivity index (χ0n) is 19.0. The molecule has 1 aromatic rings. The van der Waals surface area contributed by atoms with Gasteiger partial charge in [-0.1, -0.05) is 6.92 Å². The minimum atomic E-state index is -0.761. The van der Waals surface area contributed by atoms with Crippen LogP contribution in [0.25, 0.3) is 0 Å². The molecule has 8 heteroatoms. The van der Waals surface area contributed by atoms with Crippen molar-refractivity contribution in [1.29, 1.82) is 0 Å². The molecule has 1 aromatic carbocycles. The summed E-state index contributed by atoms with van der Waals surface area (Å²) in [6.45, 7) is 9.39. The van der Waals surface area contributed by atoms with Crippen LogP contribution in [0.4, 0.5) is 9.18 Å². The van der Waals surface area contributed by atoms with Gasteiger partial charge in [0, 0.05) is 25.7 Å². The highest BCUT2D eigenvalue weighted by Crippen LogP contribution is 2.24. The summed E-state index contributed by atoms with van der Waals surface area (Å²) >= 11 is 0. The van der Waals surface area contributed by atoms with Crippen LogP contribution in [-0.2, 0) is 4.74 Å². The van der Waals surface area contributed by atoms with Crippen LogP contribution >= 0.6 is 0 Å². The Hall–Kier alpha value is -2.35. The van der Waals surface area contributed by atoms with Gasteiger partial charge in [0.05, 0.1) is 12.2 Å². The first-order chi connectivity index (χ1) is 14.6. The lowest BCUT2D eigenvalue weighted by Crippen LogP contribution is -2.41. The fourth-order valence-electron chi connectivity index (χ4n) is 3.50. The highest BCUT2D eigenvalue weighted by Gasteiger charge is 2.26. The van der Waals surface area contributed by atoms with Crippen molar-refractivity contribution in [3.8, 4) is 5.75 Å². The highest BCUT2D eigenvalue weighted by molar-refractivity contribution is 5.93. The number of halogens is 1. The van der Waals surface area contributed by atoms with Crippen LogP contribution < -0.4 is 4.74 Å². The van der Waals surface area contributed by atoms with Crippen LogP contribution in [0.2, 0.25) is 0 Å². The van der Waals surface area contributed by atoms with Gasteiger partial charge in [0.25, 0.3) is 5.91 Å². The number of hydrogen-bond acceptors (Lipinski definition) is 5. The van der Waals surface area contributed by atoms with E-state index in [0.29, 0.717) is 42.8 Å². The third-order valence-corrected chi connectivity index (χ3v) is 5.13. The minimum absolute atomic E-state index is 0.146. The molecule has 0 aromatic heterocycles. The molecular weight excluding hydrogens is 403 g/mol. The van der Waals surface area contributed by atoms with Crippen molar-refractivity contribution in [2.45, 2.75) is 65.4 Å². The fraction of sp³-hybridized carbons (Fsp3) is 0.652. The third-order valence-electron chi connectivity index (χ3n) is 5.13. The van der Waals surface area contributed by atoms with Crippen LogP contribution in [0.1, 0.15) is 70.2 Å². The van der Waals surface area contributed by atoms with E-state index in [2.05, 4.69) is 0 Å². The summed E-state index contributed by atoms with van der Waals surface area (Å²) in [5, 5.41) is 10.1. The molecule has 0 aliphatic carbocycles. The lowest BCUT2D eigenvalue weighted by molar-refractivity contribution is -0.0581. The van der Waals surface area contributed by atoms with E-state index < -0.39 is 17.3 Å². The van der Waals surface area contributed by atoms with Gasteiger partial charge in [0.2, 0.25) is 0 Å². The van der Waals surface area contributed by atoms with Gasteiger partial charge >= 0.3 is 6.09 Å². The van der Waals surface area contributed by atoms with Crippen molar-refractivity contribution in [3.05, 3.63) is 29.6 Å². The van der Waals surface area contributed by atoms with E-state index in [4.69, 9.17) is 9.47 Å². The van der Waals surface area contributed by atoms with Crippen LogP contribution in [0.5, 0.6) is 5.75 Å². The lowest BCUT2D eigenvalue weighted by Gasteiger charge is -2.33. The Morgan fingerprint density at radius 3 is 2.52 bits per heavy atom. The number of rotatable bonds is 8. The van der Waals surface area contributed by atoms with E-state index in [1.807, 2.05) is 27.7 Å². The quantitative estimate of drug-likeness (QED) is 0.356. The maximum absolute atomic E-state index is 14.2. The van der Waals surface area contributed by atoms with Gasteiger partial charge < -0.3 is 14.4 Å². The predicted molar refractivity (Wildman–Crippen MR) is 115 cm³/mol. The average Bonchev–Trinajstić information content (AvgIpc) is 2.70. The number of amides is 2. The van der Waals surface area contributed by atoms with Gasteiger partial charge in [-0.2, -0.15) is 0 Å². The molecule has 174 valence electrons. The fourth-order valence-corrected chi connectivity index (χ4v) is 3.50. The minimum Gasteiger partial charge on any atom is -0.493 e. The van der Waals surface area contributed by atoms with Crippen LogP contribution in [0.15, 0.2) is 18.2 Å². The summed E-state index contributed by atoms with van der Waals surface area (Å²) in [5.41, 5.74) is -0.663. The van der Waals surface area contributed by atoms with Crippen molar-refractivity contribution in [3.63, 3.8) is 0 Å². The second kappa shape index (κ2) is 11.3. The molecule has 1 aliphatic heterocycles. The van der Waals surface area contributed by atoms with Crippen LogP contribution in [0, 0.1) is 11.7 Å². The SMILES string of the molecule is CCCN(O)C(=O)c1ccc(OCCCC2CCN(C(=O)OC(C)(C)C)CC2)cc1F. The Morgan fingerprint density at radius 2 is 1.94 bits per heavy atom. The first-order valence-electron chi connectivity index (χ1n) is 11.0. The predicted octanol–water partition coefficient (Wildman–Crippen LogP) is 4.87. The van der Waals surface area contributed by atoms with Crippen molar-refractivity contribution in [2.75, 3.05) is 26.2 Å². The first-order valence-corrected chi connectivity index (χ1v) is 11.0. The van der Waals surface area contributed by atoms with Crippen molar-refractivity contribution in [1.82, 2.24) is 9.96 Å². The Bertz CT molecular complexity index is 742. The van der Waals surface area contributed by atoms with E-state index in [0.717, 1.165) is 25.7 Å². The van der Waals surface area contributed by atoms with E-state index >= 15 is 0 Å². The molecule has 0 radical (unpaired) electrons. The molecule has 1 heterocycles. The van der Waals surface area contributed by atoms with Gasteiger partial charge in [0.15, 0.2) is 0 Å². The summed E-state index contributed by atoms with van der Waals surface area (Å²) in [7, 11) is 0. The molecule has 1 saturated heterocycles. The van der Waals surface area contributed by atoms with Crippen molar-refractivity contribution >= 4 is 12.0 Å². The van der Waals surface area contributed by atoms with Crippen LogP contribution in [-0.4, -0.2) is 59.0 Å². The number of carbonyl (C=O) groups excluding carboxylic acids is 2. The molecule has 2 rings (SSSR count). The number of benzene rings is 1. The maximum atomic E-state index is 14.2. The summed E-state index contributed by atoms with van der Waals surface area (Å²) in [6.07, 6.45) is 3.97. The van der Waals surface area contributed by atoms with E-state index in [1.54, 1.807) is 4.90 Å². The second-order valence-corrected chi connectivity index (χ2v) is 8.97. The number of nitrogens with zero attached hydrogens (tertiary/aromatic N) is 2. The molecule has 1 N–H and O–H groups in total. The Kier molecular flexibility index (Phi) is 9.10. The van der Waals surface area contributed by atoms with Gasteiger partial charge in [-0.3, -0.25) is 10.0 Å². The van der Waals surface area contributed by atoms with E-state index in [1.165, 1.54) is 18.2 Å². The van der Waals surface area contributed by atoms with Gasteiger partial charge in [-0.25, -0.2) is 14.2 Å². The Morgan fingerprint density at radius 1 is 1.26 bits per heavy atom. The molecule has 0 atom stereocenters. The van der Waals surface area contributed by atoms with Gasteiger partial charge in [-0.05, 0) is 70.9 Å². The summed E-state index contributed by atoms with van der Waals surface area (Å²) in [6, 6.07) is 4.04. The van der Waals surface area contributed by atoms with Gasteiger partial charge in [-0.15, -0.1) is 0 Å². The number of hydroxylamine groups is 2. The number of piperidine rings is 1. The summed E-state index contributed by atoms with van der Waals surface area (Å²) in [4.78, 5) is 25.9. The first kappa shape index (κ1) is 24.9. The Balaban J connectivity index is 1.71. The normalized spacial score (nSPS) is 15.0. The smallest absolute Gasteiger partial charge is 0.410 e. The number of carbonyl (C=O) groups is 2. The zero-order valence-corrected chi connectivity index (χ0v) is 19.0. The van der Waals surface area contributed by atoms with E-state index in [9.17, 15) is 19.2 Å². The summed E-state index contributed by atoms with van der Waals surface area (Å²) in [5.74, 6) is -0.599. The Labute approximate surface area is 184 Å². The number of ether oxygens (including phenoxy) is 2. The molecule has 1 aliphatic rings. The zero-order chi connectivity index (χ0) is 23.0. The van der Waals surface area contributed by atoms with Gasteiger partial charge in [0.1, 0.15) is 17.2 Å². The standard InChI is InChI=1S/C23H35FN2O5/c1-5-12-26(29)21(27)19-9-8-18(16-20(19)24)30-15-6-7-17-10-13-25(14-11-17)22(28)31-23(2,3)4/h8-9,16-17,29H,5-7,10-15H2,1-4H3. The average molecular weight is 439 g/mol. The number of hydrogen-bond donors (Lipinski definition) is 1. The molecule has 7 nitrogen and oxygen atoms in total. The molecular formula is C23H35FN2O5. The van der Waals surface area contributed by atoms with E-state index in [-0.39, 0.29) is 18.2 Å². The highest BCUT2D eigenvalue weighted by atomic mass is 19.1. The summed E-state index contributed by atoms with van der Waals surface area (Å²) < 4.78 is 25.3. The molecule has 0 spiro atoms. The topological polar surface area (TPSA) is 79.3 Å². The van der Waals surface area contributed by atoms with Crippen molar-refractivity contribution < 1.29 is 28.7 Å². The number of likely N-dealkylation sites (tertiary alicyclic amines) is 1. The van der Waals surface area contributed by atoms with Crippen molar-refractivity contribution in [2.24, 2.45) is 5.92 Å². The van der Waals surface area contributed by atoms with Crippen LogP contribution in [0.3, 0.4) is 0 Å². The molecule has 0 bridgehead atoms. The lowest BCUT2D eigenvalue weighted by atomic mass is 9.92. The third kappa shape index (κ3) is 8.01. The second-order valence-electron chi connectivity index (χ2n) is 8.97. The largest absolute Gasteiger partial charge is 0.493 e. The maximum Gasteiger partial charge on any atom is 0.410 e. The molecule has 1 fully saturated rings. The molecule has 2 amide bonds.